The largest absolute Gasteiger partial charge is 0.393 e. The number of aliphatic hydroxyl groups is 2. The molecular formula is C12H26O2. The minimum Gasteiger partial charge on any atom is -0.393 e. The topological polar surface area (TPSA) is 40.5 Å². The van der Waals surface area contributed by atoms with E-state index in [-0.39, 0.29) is 24.0 Å². The molecule has 0 aromatic carbocycles. The van der Waals surface area contributed by atoms with Crippen molar-refractivity contribution < 1.29 is 10.2 Å². The first-order valence-electron chi connectivity index (χ1n) is 5.65. The molecule has 0 bridgehead atoms. The molecule has 2 N–H and O–H groups in total. The Kier molecular flexibility index (Phi) is 5.68. The van der Waals surface area contributed by atoms with Gasteiger partial charge in [-0.05, 0) is 37.5 Å². The van der Waals surface area contributed by atoms with E-state index in [0.717, 1.165) is 0 Å². The van der Waals surface area contributed by atoms with Crippen LogP contribution >= 0.6 is 0 Å². The van der Waals surface area contributed by atoms with E-state index >= 15 is 0 Å². The Bertz CT molecular complexity index is 116. The fourth-order valence-corrected chi connectivity index (χ4v) is 2.65. The van der Waals surface area contributed by atoms with Gasteiger partial charge < -0.3 is 10.2 Å². The fraction of sp³-hybridized carbons (Fsp3) is 1.00. The summed E-state index contributed by atoms with van der Waals surface area (Å²) in [5, 5.41) is 19.5. The summed E-state index contributed by atoms with van der Waals surface area (Å²) in [6.07, 6.45) is -0.700. The minimum absolute atomic E-state index is 0.176. The van der Waals surface area contributed by atoms with Crippen LogP contribution in [0.4, 0.5) is 0 Å². The number of rotatable bonds is 5. The SMILES string of the molecule is CC(C)C(C(C)O)C(C(C)C)C(C)O. The molecule has 0 aromatic heterocycles. The number of aliphatic hydroxyl groups excluding tert-OH is 2. The van der Waals surface area contributed by atoms with Gasteiger partial charge in [0.2, 0.25) is 0 Å². The molecule has 0 aliphatic rings. The predicted octanol–water partition coefficient (Wildman–Crippen LogP) is 2.29. The van der Waals surface area contributed by atoms with Gasteiger partial charge in [-0.25, -0.2) is 0 Å². The molecule has 0 saturated heterocycles. The van der Waals surface area contributed by atoms with Gasteiger partial charge in [0.25, 0.3) is 0 Å². The van der Waals surface area contributed by atoms with Gasteiger partial charge in [-0.3, -0.25) is 0 Å². The highest BCUT2D eigenvalue weighted by Gasteiger charge is 2.33. The molecule has 0 aliphatic heterocycles. The van der Waals surface area contributed by atoms with Crippen molar-refractivity contribution in [1.82, 2.24) is 0 Å². The second kappa shape index (κ2) is 5.72. The maximum atomic E-state index is 9.74. The molecule has 0 saturated carbocycles. The lowest BCUT2D eigenvalue weighted by molar-refractivity contribution is -0.0203. The number of hydrogen-bond donors (Lipinski definition) is 2. The van der Waals surface area contributed by atoms with Crippen molar-refractivity contribution in [3.63, 3.8) is 0 Å². The van der Waals surface area contributed by atoms with Crippen molar-refractivity contribution in [2.24, 2.45) is 23.7 Å². The lowest BCUT2D eigenvalue weighted by Crippen LogP contribution is -2.39. The Morgan fingerprint density at radius 1 is 0.571 bits per heavy atom. The van der Waals surface area contributed by atoms with Crippen LogP contribution in [-0.4, -0.2) is 22.4 Å². The van der Waals surface area contributed by atoms with Crippen molar-refractivity contribution in [3.8, 4) is 0 Å². The molecule has 2 nitrogen and oxygen atoms in total. The monoisotopic (exact) mass is 202 g/mol. The Morgan fingerprint density at radius 2 is 0.786 bits per heavy atom. The molecule has 0 fully saturated rings. The smallest absolute Gasteiger partial charge is 0.0546 e. The van der Waals surface area contributed by atoms with Crippen molar-refractivity contribution in [1.29, 1.82) is 0 Å². The van der Waals surface area contributed by atoms with Crippen LogP contribution in [0.2, 0.25) is 0 Å². The third-order valence-electron chi connectivity index (χ3n) is 3.10. The van der Waals surface area contributed by atoms with Crippen molar-refractivity contribution in [3.05, 3.63) is 0 Å². The molecule has 2 heteroatoms. The highest BCUT2D eigenvalue weighted by Crippen LogP contribution is 2.32. The molecule has 4 unspecified atom stereocenters. The number of hydrogen-bond acceptors (Lipinski definition) is 2. The molecule has 4 atom stereocenters. The van der Waals surface area contributed by atoms with E-state index in [1.54, 1.807) is 0 Å². The van der Waals surface area contributed by atoms with E-state index in [9.17, 15) is 10.2 Å². The first-order valence-corrected chi connectivity index (χ1v) is 5.65. The maximum absolute atomic E-state index is 9.74. The second-order valence-corrected chi connectivity index (χ2v) is 5.12. The first-order chi connectivity index (χ1) is 6.29. The van der Waals surface area contributed by atoms with E-state index in [4.69, 9.17) is 0 Å². The van der Waals surface area contributed by atoms with E-state index in [1.165, 1.54) is 0 Å². The van der Waals surface area contributed by atoms with Gasteiger partial charge in [0.15, 0.2) is 0 Å². The Balaban J connectivity index is 4.74. The van der Waals surface area contributed by atoms with Crippen LogP contribution in [0, 0.1) is 23.7 Å². The summed E-state index contributed by atoms with van der Waals surface area (Å²) in [4.78, 5) is 0. The van der Waals surface area contributed by atoms with Gasteiger partial charge in [-0.2, -0.15) is 0 Å². The zero-order valence-electron chi connectivity index (χ0n) is 10.4. The zero-order valence-corrected chi connectivity index (χ0v) is 10.4. The molecule has 0 amide bonds. The maximum Gasteiger partial charge on any atom is 0.0546 e. The van der Waals surface area contributed by atoms with E-state index in [2.05, 4.69) is 27.7 Å². The lowest BCUT2D eigenvalue weighted by atomic mass is 9.72. The average molecular weight is 202 g/mol. The van der Waals surface area contributed by atoms with E-state index in [0.29, 0.717) is 11.8 Å². The van der Waals surface area contributed by atoms with E-state index < -0.39 is 0 Å². The summed E-state index contributed by atoms with van der Waals surface area (Å²) < 4.78 is 0. The van der Waals surface area contributed by atoms with Gasteiger partial charge in [-0.15, -0.1) is 0 Å². The van der Waals surface area contributed by atoms with Gasteiger partial charge in [0.05, 0.1) is 12.2 Å². The Hall–Kier alpha value is -0.0800. The summed E-state index contributed by atoms with van der Waals surface area (Å²) >= 11 is 0. The normalized spacial score (nSPS) is 21.0. The lowest BCUT2D eigenvalue weighted by Gasteiger charge is -2.37. The third kappa shape index (κ3) is 3.58. The minimum atomic E-state index is -0.350. The van der Waals surface area contributed by atoms with Crippen LogP contribution in [0.25, 0.3) is 0 Å². The summed E-state index contributed by atoms with van der Waals surface area (Å²) in [7, 11) is 0. The molecule has 0 aromatic rings. The van der Waals surface area contributed by atoms with Crippen molar-refractivity contribution in [2.75, 3.05) is 0 Å². The van der Waals surface area contributed by atoms with Crippen LogP contribution in [-0.2, 0) is 0 Å². The quantitative estimate of drug-likeness (QED) is 0.718. The van der Waals surface area contributed by atoms with Crippen molar-refractivity contribution >= 4 is 0 Å². The standard InChI is InChI=1S/C12H26O2/c1-7(2)11(9(5)13)12(8(3)4)10(6)14/h7-14H,1-6H3. The molecule has 0 heterocycles. The highest BCUT2D eigenvalue weighted by atomic mass is 16.3. The fourth-order valence-electron chi connectivity index (χ4n) is 2.65. The van der Waals surface area contributed by atoms with E-state index in [1.807, 2.05) is 13.8 Å². The highest BCUT2D eigenvalue weighted by molar-refractivity contribution is 4.82. The Labute approximate surface area is 88.3 Å². The summed E-state index contributed by atoms with van der Waals surface area (Å²) in [5.41, 5.74) is 0. The summed E-state index contributed by atoms with van der Waals surface area (Å²) in [6, 6.07) is 0. The molecule has 0 spiro atoms. The van der Waals surface area contributed by atoms with Crippen LogP contribution < -0.4 is 0 Å². The summed E-state index contributed by atoms with van der Waals surface area (Å²) in [6.45, 7) is 12.1. The molecule has 0 radical (unpaired) electrons. The van der Waals surface area contributed by atoms with Gasteiger partial charge >= 0.3 is 0 Å². The average Bonchev–Trinajstić information content (AvgIpc) is 1.96. The van der Waals surface area contributed by atoms with Gasteiger partial charge in [0, 0.05) is 0 Å². The second-order valence-electron chi connectivity index (χ2n) is 5.12. The third-order valence-corrected chi connectivity index (χ3v) is 3.10. The molecule has 14 heavy (non-hydrogen) atoms. The van der Waals surface area contributed by atoms with Crippen LogP contribution in [0.3, 0.4) is 0 Å². The van der Waals surface area contributed by atoms with Crippen LogP contribution in [0.1, 0.15) is 41.5 Å². The van der Waals surface area contributed by atoms with Crippen molar-refractivity contribution in [2.45, 2.75) is 53.8 Å². The molecule has 0 rings (SSSR count). The molecule has 0 aliphatic carbocycles. The molecule has 86 valence electrons. The zero-order chi connectivity index (χ0) is 11.5. The Morgan fingerprint density at radius 3 is 0.857 bits per heavy atom. The van der Waals surface area contributed by atoms with Crippen LogP contribution in [0.5, 0.6) is 0 Å². The van der Waals surface area contributed by atoms with Crippen LogP contribution in [0.15, 0.2) is 0 Å². The van der Waals surface area contributed by atoms with Gasteiger partial charge in [-0.1, -0.05) is 27.7 Å². The first kappa shape index (κ1) is 13.9. The molecular weight excluding hydrogens is 176 g/mol. The predicted molar refractivity (Wildman–Crippen MR) is 60.0 cm³/mol. The van der Waals surface area contributed by atoms with Gasteiger partial charge in [0.1, 0.15) is 0 Å². The summed E-state index contributed by atoms with van der Waals surface area (Å²) in [5.74, 6) is 1.15.